The van der Waals surface area contributed by atoms with Gasteiger partial charge in [0.05, 0.1) is 0 Å². The Balaban J connectivity index is 3.10. The van der Waals surface area contributed by atoms with E-state index in [2.05, 4.69) is 5.32 Å². The highest BCUT2D eigenvalue weighted by Gasteiger charge is 2.39. The Morgan fingerprint density at radius 2 is 1.83 bits per heavy atom. The number of amides is 1. The first kappa shape index (κ1) is 14.4. The summed E-state index contributed by atoms with van der Waals surface area (Å²) < 4.78 is 0. The van der Waals surface area contributed by atoms with Gasteiger partial charge in [0.15, 0.2) is 5.60 Å². The fraction of sp³-hybridized carbons (Fsp3) is 0.429. The van der Waals surface area contributed by atoms with Crippen LogP contribution in [0.15, 0.2) is 30.3 Å². The van der Waals surface area contributed by atoms with Gasteiger partial charge in [-0.25, -0.2) is 0 Å². The molecule has 0 aliphatic carbocycles. The molecule has 18 heavy (non-hydrogen) atoms. The largest absolute Gasteiger partial charge is 0.375 e. The first-order valence-corrected chi connectivity index (χ1v) is 5.94. The van der Waals surface area contributed by atoms with Crippen LogP contribution in [0.1, 0.15) is 32.8 Å². The van der Waals surface area contributed by atoms with Crippen LogP contribution in [0.5, 0.6) is 0 Å². The summed E-state index contributed by atoms with van der Waals surface area (Å²) in [6.45, 7) is 4.96. The molecule has 0 spiro atoms. The van der Waals surface area contributed by atoms with Gasteiger partial charge in [-0.15, -0.1) is 0 Å². The monoisotopic (exact) mass is 249 g/mol. The van der Waals surface area contributed by atoms with Crippen molar-refractivity contribution >= 4 is 11.7 Å². The molecule has 0 saturated heterocycles. The minimum absolute atomic E-state index is 0.0975. The summed E-state index contributed by atoms with van der Waals surface area (Å²) in [4.78, 5) is 23.4. The molecule has 0 fully saturated rings. The first-order valence-electron chi connectivity index (χ1n) is 5.94. The van der Waals surface area contributed by atoms with E-state index in [1.165, 1.54) is 6.92 Å². The van der Waals surface area contributed by atoms with Gasteiger partial charge in [-0.05, 0) is 26.3 Å². The van der Waals surface area contributed by atoms with Crippen LogP contribution in [-0.2, 0) is 15.2 Å². The van der Waals surface area contributed by atoms with Gasteiger partial charge in [-0.2, -0.15) is 0 Å². The highest BCUT2D eigenvalue weighted by Crippen LogP contribution is 2.25. The van der Waals surface area contributed by atoms with Crippen molar-refractivity contribution in [3.8, 4) is 0 Å². The zero-order valence-corrected chi connectivity index (χ0v) is 10.9. The summed E-state index contributed by atoms with van der Waals surface area (Å²) in [6.07, 6.45) is -0.227. The van der Waals surface area contributed by atoms with Crippen LogP contribution in [0.3, 0.4) is 0 Å². The van der Waals surface area contributed by atoms with Gasteiger partial charge >= 0.3 is 0 Å². The molecule has 0 saturated carbocycles. The van der Waals surface area contributed by atoms with Crippen LogP contribution < -0.4 is 5.32 Å². The molecular formula is C14H19NO3. The van der Waals surface area contributed by atoms with Gasteiger partial charge in [0.1, 0.15) is 5.78 Å². The summed E-state index contributed by atoms with van der Waals surface area (Å²) in [5, 5.41) is 13.2. The van der Waals surface area contributed by atoms with Gasteiger partial charge in [0.2, 0.25) is 0 Å². The highest BCUT2D eigenvalue weighted by atomic mass is 16.3. The van der Waals surface area contributed by atoms with E-state index in [1.807, 2.05) is 0 Å². The van der Waals surface area contributed by atoms with Crippen LogP contribution in [0.4, 0.5) is 0 Å². The Morgan fingerprint density at radius 3 is 2.28 bits per heavy atom. The maximum absolute atomic E-state index is 12.1. The molecule has 0 aromatic heterocycles. The van der Waals surface area contributed by atoms with Gasteiger partial charge in [-0.3, -0.25) is 9.59 Å². The third-order valence-corrected chi connectivity index (χ3v) is 2.55. The second-order valence-corrected chi connectivity index (χ2v) is 4.73. The number of aliphatic hydroxyl groups is 1. The first-order chi connectivity index (χ1) is 8.36. The molecule has 98 valence electrons. The smallest absolute Gasteiger partial charge is 0.257 e. The van der Waals surface area contributed by atoms with E-state index in [0.717, 1.165) is 0 Å². The number of ketones is 1. The summed E-state index contributed by atoms with van der Waals surface area (Å²) in [6, 6.07) is 8.43. The van der Waals surface area contributed by atoms with E-state index < -0.39 is 11.5 Å². The lowest BCUT2D eigenvalue weighted by molar-refractivity contribution is -0.146. The number of rotatable bonds is 5. The van der Waals surface area contributed by atoms with E-state index in [1.54, 1.807) is 44.2 Å². The molecule has 1 rings (SSSR count). The average Bonchev–Trinajstić information content (AvgIpc) is 2.28. The molecule has 1 unspecified atom stereocenters. The van der Waals surface area contributed by atoms with E-state index in [-0.39, 0.29) is 18.2 Å². The Hall–Kier alpha value is -1.68. The fourth-order valence-electron chi connectivity index (χ4n) is 1.77. The number of Topliss-reactive ketones (excluding diaryl/α,β-unsaturated/α-hetero) is 1. The Morgan fingerprint density at radius 1 is 1.28 bits per heavy atom. The third kappa shape index (κ3) is 3.40. The summed E-state index contributed by atoms with van der Waals surface area (Å²) in [5.74, 6) is -0.779. The van der Waals surface area contributed by atoms with Crippen molar-refractivity contribution in [2.45, 2.75) is 38.8 Å². The van der Waals surface area contributed by atoms with Crippen LogP contribution >= 0.6 is 0 Å². The molecule has 1 atom stereocenters. The average molecular weight is 249 g/mol. The predicted octanol–water partition coefficient (Wildman–Crippen LogP) is 1.38. The molecule has 4 heteroatoms. The number of hydrogen-bond acceptors (Lipinski definition) is 3. The van der Waals surface area contributed by atoms with E-state index in [0.29, 0.717) is 5.56 Å². The zero-order chi connectivity index (χ0) is 13.8. The lowest BCUT2D eigenvalue weighted by Gasteiger charge is -2.27. The third-order valence-electron chi connectivity index (χ3n) is 2.55. The number of hydrogen-bond donors (Lipinski definition) is 2. The molecule has 1 aromatic rings. The van der Waals surface area contributed by atoms with Crippen molar-refractivity contribution in [1.82, 2.24) is 5.32 Å². The molecule has 1 amide bonds. The lowest BCUT2D eigenvalue weighted by Crippen LogP contribution is -2.47. The van der Waals surface area contributed by atoms with Gasteiger partial charge in [0.25, 0.3) is 5.91 Å². The molecule has 1 aromatic carbocycles. The maximum Gasteiger partial charge on any atom is 0.257 e. The van der Waals surface area contributed by atoms with Crippen molar-refractivity contribution < 1.29 is 14.7 Å². The van der Waals surface area contributed by atoms with E-state index >= 15 is 0 Å². The quantitative estimate of drug-likeness (QED) is 0.828. The Kier molecular flexibility index (Phi) is 4.62. The topological polar surface area (TPSA) is 66.4 Å². The summed E-state index contributed by atoms with van der Waals surface area (Å²) in [7, 11) is 0. The van der Waals surface area contributed by atoms with Crippen LogP contribution in [0.2, 0.25) is 0 Å². The standard InChI is InChI=1S/C14H19NO3/c1-10(2)15-13(17)14(18,9-11(3)16)12-7-5-4-6-8-12/h4-8,10,18H,9H2,1-3H3,(H,15,17). The van der Waals surface area contributed by atoms with Crippen LogP contribution in [0.25, 0.3) is 0 Å². The van der Waals surface area contributed by atoms with Gasteiger partial charge in [0, 0.05) is 12.5 Å². The second kappa shape index (κ2) is 5.78. The molecule has 4 nitrogen and oxygen atoms in total. The molecule has 0 aliphatic rings. The predicted molar refractivity (Wildman–Crippen MR) is 68.9 cm³/mol. The minimum atomic E-state index is -1.79. The van der Waals surface area contributed by atoms with Crippen molar-refractivity contribution in [1.29, 1.82) is 0 Å². The van der Waals surface area contributed by atoms with E-state index in [4.69, 9.17) is 0 Å². The van der Waals surface area contributed by atoms with Crippen LogP contribution in [-0.4, -0.2) is 22.8 Å². The van der Waals surface area contributed by atoms with Crippen molar-refractivity contribution in [2.75, 3.05) is 0 Å². The Labute approximate surface area is 107 Å². The summed E-state index contributed by atoms with van der Waals surface area (Å²) in [5.41, 5.74) is -1.37. The lowest BCUT2D eigenvalue weighted by atomic mass is 9.88. The molecule has 0 heterocycles. The minimum Gasteiger partial charge on any atom is -0.375 e. The number of carbonyl (C=O) groups excluding carboxylic acids is 2. The van der Waals surface area contributed by atoms with E-state index in [9.17, 15) is 14.7 Å². The Bertz CT molecular complexity index is 428. The SMILES string of the molecule is CC(=O)CC(O)(C(=O)NC(C)C)c1ccccc1. The molecule has 0 bridgehead atoms. The second-order valence-electron chi connectivity index (χ2n) is 4.73. The van der Waals surface area contributed by atoms with Crippen molar-refractivity contribution in [2.24, 2.45) is 0 Å². The molecule has 2 N–H and O–H groups in total. The highest BCUT2D eigenvalue weighted by molar-refractivity contribution is 5.92. The fourth-order valence-corrected chi connectivity index (χ4v) is 1.77. The van der Waals surface area contributed by atoms with Gasteiger partial charge in [-0.1, -0.05) is 30.3 Å². The van der Waals surface area contributed by atoms with Crippen molar-refractivity contribution in [3.05, 3.63) is 35.9 Å². The number of nitrogens with one attached hydrogen (secondary N) is 1. The van der Waals surface area contributed by atoms with Gasteiger partial charge < -0.3 is 10.4 Å². The molecule has 0 aliphatic heterocycles. The number of benzene rings is 1. The normalized spacial score (nSPS) is 14.1. The zero-order valence-electron chi connectivity index (χ0n) is 10.9. The van der Waals surface area contributed by atoms with Crippen molar-refractivity contribution in [3.63, 3.8) is 0 Å². The summed E-state index contributed by atoms with van der Waals surface area (Å²) >= 11 is 0. The number of carbonyl (C=O) groups is 2. The molecule has 0 radical (unpaired) electrons. The van der Waals surface area contributed by atoms with Crippen LogP contribution in [0, 0.1) is 0 Å². The maximum atomic E-state index is 12.1. The molecular weight excluding hydrogens is 230 g/mol.